The van der Waals surface area contributed by atoms with Crippen LogP contribution in [0.25, 0.3) is 5.69 Å². The van der Waals surface area contributed by atoms with Crippen LogP contribution in [0, 0.1) is 6.92 Å². The van der Waals surface area contributed by atoms with Gasteiger partial charge >= 0.3 is 0 Å². The lowest BCUT2D eigenvalue weighted by atomic mass is 10.3. The van der Waals surface area contributed by atoms with Crippen molar-refractivity contribution in [2.24, 2.45) is 7.05 Å². The maximum absolute atomic E-state index is 12.9. The smallest absolute Gasteiger partial charge is 0.295 e. The molecular weight excluding hydrogens is 433 g/mol. The van der Waals surface area contributed by atoms with Crippen molar-refractivity contribution < 1.29 is 4.79 Å². The molecule has 3 N–H and O–H groups in total. The summed E-state index contributed by atoms with van der Waals surface area (Å²) in [5.41, 5.74) is 1.33. The van der Waals surface area contributed by atoms with Gasteiger partial charge in [0.15, 0.2) is 5.11 Å². The number of carbonyl (C=O) groups excluding carboxylic acids is 1. The molecule has 7 nitrogen and oxygen atoms in total. The van der Waals surface area contributed by atoms with E-state index in [9.17, 15) is 9.59 Å². The normalized spacial score (nSPS) is 12.4. The topological polar surface area (TPSA) is 80.1 Å². The standard InChI is InChI=1S/C16H18Cl3N5O2S/c1-9-12(13(26)24(23(9)3)11-7-5-4-6-8-11)21-15(27)22-14(16(17,18)19)20-10(2)25/h4-8,14H,1-3H3,(H,20,25)(H2,21,22,27). The molecule has 1 aromatic carbocycles. The highest BCUT2D eigenvalue weighted by Crippen LogP contribution is 2.29. The van der Waals surface area contributed by atoms with E-state index in [4.69, 9.17) is 47.0 Å². The number of benzene rings is 1. The molecule has 1 atom stereocenters. The Morgan fingerprint density at radius 2 is 1.78 bits per heavy atom. The quantitative estimate of drug-likeness (QED) is 0.379. The number of halogens is 3. The summed E-state index contributed by atoms with van der Waals surface area (Å²) in [6, 6.07) is 9.17. The van der Waals surface area contributed by atoms with Gasteiger partial charge in [0, 0.05) is 14.0 Å². The van der Waals surface area contributed by atoms with Crippen molar-refractivity contribution in [3.8, 4) is 5.69 Å². The van der Waals surface area contributed by atoms with Crippen molar-refractivity contribution in [2.45, 2.75) is 23.8 Å². The molecule has 146 valence electrons. The first kappa shape index (κ1) is 21.6. The summed E-state index contributed by atoms with van der Waals surface area (Å²) in [4.78, 5) is 24.2. The lowest BCUT2D eigenvalue weighted by Crippen LogP contribution is -2.55. The molecule has 2 aromatic rings. The van der Waals surface area contributed by atoms with Crippen molar-refractivity contribution in [3.63, 3.8) is 0 Å². The number of alkyl halides is 3. The second kappa shape index (κ2) is 8.52. The molecule has 27 heavy (non-hydrogen) atoms. The first-order chi connectivity index (χ1) is 12.5. The predicted octanol–water partition coefficient (Wildman–Crippen LogP) is 2.60. The van der Waals surface area contributed by atoms with Gasteiger partial charge in [-0.05, 0) is 31.3 Å². The van der Waals surface area contributed by atoms with E-state index >= 15 is 0 Å². The molecule has 0 fully saturated rings. The molecule has 0 saturated carbocycles. The molecule has 0 radical (unpaired) electrons. The third-order valence-electron chi connectivity index (χ3n) is 3.74. The third-order valence-corrected chi connectivity index (χ3v) is 4.62. The number of carbonyl (C=O) groups is 1. The van der Waals surface area contributed by atoms with Crippen LogP contribution < -0.4 is 21.5 Å². The lowest BCUT2D eigenvalue weighted by molar-refractivity contribution is -0.119. The summed E-state index contributed by atoms with van der Waals surface area (Å²) < 4.78 is 1.34. The van der Waals surface area contributed by atoms with Crippen LogP contribution in [-0.4, -0.2) is 30.3 Å². The zero-order valence-corrected chi connectivity index (χ0v) is 17.8. The minimum Gasteiger partial charge on any atom is -0.339 e. The first-order valence-corrected chi connectivity index (χ1v) is 9.32. The van der Waals surface area contributed by atoms with Gasteiger partial charge in [0.1, 0.15) is 11.9 Å². The van der Waals surface area contributed by atoms with Gasteiger partial charge in [0.05, 0.1) is 11.4 Å². The number of amides is 1. The van der Waals surface area contributed by atoms with Gasteiger partial charge in [0.25, 0.3) is 5.56 Å². The fourth-order valence-electron chi connectivity index (χ4n) is 2.40. The van der Waals surface area contributed by atoms with Crippen molar-refractivity contribution in [3.05, 3.63) is 46.4 Å². The molecule has 0 aliphatic heterocycles. The third kappa shape index (κ3) is 5.16. The van der Waals surface area contributed by atoms with E-state index in [1.807, 2.05) is 30.3 Å². The van der Waals surface area contributed by atoms with Gasteiger partial charge in [-0.15, -0.1) is 0 Å². The van der Waals surface area contributed by atoms with Gasteiger partial charge in [-0.25, -0.2) is 4.68 Å². The van der Waals surface area contributed by atoms with E-state index in [0.717, 1.165) is 0 Å². The number of para-hydroxylation sites is 1. The molecule has 1 aromatic heterocycles. The summed E-state index contributed by atoms with van der Waals surface area (Å²) in [6.07, 6.45) is -1.08. The Morgan fingerprint density at radius 1 is 1.19 bits per heavy atom. The number of aromatic nitrogens is 2. The zero-order valence-electron chi connectivity index (χ0n) is 14.7. The molecule has 0 bridgehead atoms. The number of nitrogens with one attached hydrogen (secondary N) is 3. The maximum Gasteiger partial charge on any atom is 0.295 e. The van der Waals surface area contributed by atoms with Crippen molar-refractivity contribution in [1.29, 1.82) is 0 Å². The first-order valence-electron chi connectivity index (χ1n) is 7.77. The van der Waals surface area contributed by atoms with Gasteiger partial charge in [-0.2, -0.15) is 0 Å². The molecule has 11 heteroatoms. The van der Waals surface area contributed by atoms with Gasteiger partial charge in [-0.3, -0.25) is 14.3 Å². The van der Waals surface area contributed by atoms with Crippen LogP contribution in [0.1, 0.15) is 12.6 Å². The van der Waals surface area contributed by atoms with E-state index in [2.05, 4.69) is 16.0 Å². The Bertz CT molecular complexity index is 905. The number of hydrogen-bond acceptors (Lipinski definition) is 3. The summed E-state index contributed by atoms with van der Waals surface area (Å²) >= 11 is 22.8. The summed E-state index contributed by atoms with van der Waals surface area (Å²) in [7, 11) is 1.76. The number of rotatable bonds is 4. The molecule has 0 aliphatic rings. The highest BCUT2D eigenvalue weighted by Gasteiger charge is 2.34. The second-order valence-corrected chi connectivity index (χ2v) is 8.49. The molecule has 1 amide bonds. The highest BCUT2D eigenvalue weighted by atomic mass is 35.6. The van der Waals surface area contributed by atoms with Gasteiger partial charge in [-0.1, -0.05) is 53.0 Å². The van der Waals surface area contributed by atoms with Crippen molar-refractivity contribution in [1.82, 2.24) is 20.0 Å². The van der Waals surface area contributed by atoms with Crippen LogP contribution in [0.3, 0.4) is 0 Å². The molecule has 1 unspecified atom stereocenters. The van der Waals surface area contributed by atoms with Crippen LogP contribution in [0.4, 0.5) is 5.69 Å². The molecule has 2 rings (SSSR count). The Morgan fingerprint density at radius 3 is 2.30 bits per heavy atom. The van der Waals surface area contributed by atoms with Crippen LogP contribution in [-0.2, 0) is 11.8 Å². The van der Waals surface area contributed by atoms with E-state index < -0.39 is 15.9 Å². The van der Waals surface area contributed by atoms with E-state index in [0.29, 0.717) is 11.4 Å². The second-order valence-electron chi connectivity index (χ2n) is 5.71. The van der Waals surface area contributed by atoms with Gasteiger partial charge < -0.3 is 16.0 Å². The van der Waals surface area contributed by atoms with Crippen LogP contribution in [0.5, 0.6) is 0 Å². The van der Waals surface area contributed by atoms with E-state index in [-0.39, 0.29) is 16.4 Å². The van der Waals surface area contributed by atoms with Crippen molar-refractivity contribution in [2.75, 3.05) is 5.32 Å². The minimum atomic E-state index is -1.85. The zero-order chi connectivity index (χ0) is 20.4. The Balaban J connectivity index is 2.28. The summed E-state index contributed by atoms with van der Waals surface area (Å²) in [5.74, 6) is -0.413. The Labute approximate surface area is 176 Å². The van der Waals surface area contributed by atoms with Crippen LogP contribution in [0.2, 0.25) is 0 Å². The van der Waals surface area contributed by atoms with E-state index in [1.165, 1.54) is 11.6 Å². The predicted molar refractivity (Wildman–Crippen MR) is 113 cm³/mol. The largest absolute Gasteiger partial charge is 0.339 e. The number of thiocarbonyl (C=S) groups is 1. The summed E-state index contributed by atoms with van der Waals surface area (Å²) in [5, 5.41) is 7.98. The SMILES string of the molecule is CC(=O)NC(NC(=S)Nc1c(C)n(C)n(-c2ccccc2)c1=O)C(Cl)(Cl)Cl. The van der Waals surface area contributed by atoms with Crippen LogP contribution >= 0.6 is 47.0 Å². The fourth-order valence-corrected chi connectivity index (χ4v) is 2.94. The molecular formula is C16H18Cl3N5O2S. The lowest BCUT2D eigenvalue weighted by Gasteiger charge is -2.27. The Hall–Kier alpha value is -1.74. The highest BCUT2D eigenvalue weighted by molar-refractivity contribution is 7.80. The number of hydrogen-bond donors (Lipinski definition) is 3. The molecule has 1 heterocycles. The molecule has 0 spiro atoms. The Kier molecular flexibility index (Phi) is 6.80. The van der Waals surface area contributed by atoms with Crippen molar-refractivity contribution >= 4 is 63.7 Å². The monoisotopic (exact) mass is 449 g/mol. The van der Waals surface area contributed by atoms with Crippen LogP contribution in [0.15, 0.2) is 35.1 Å². The maximum atomic E-state index is 12.9. The molecule has 0 aliphatic carbocycles. The minimum absolute atomic E-state index is 0.0195. The summed E-state index contributed by atoms with van der Waals surface area (Å²) in [6.45, 7) is 3.05. The average molecular weight is 451 g/mol. The fraction of sp³-hybridized carbons (Fsp3) is 0.312. The van der Waals surface area contributed by atoms with Gasteiger partial charge in [0.2, 0.25) is 9.70 Å². The average Bonchev–Trinajstić information content (AvgIpc) is 2.77. The molecule has 0 saturated heterocycles. The number of anilines is 1. The van der Waals surface area contributed by atoms with E-state index in [1.54, 1.807) is 18.7 Å². The number of nitrogens with zero attached hydrogens (tertiary/aromatic N) is 2.